The van der Waals surface area contributed by atoms with Crippen LogP contribution in [-0.4, -0.2) is 23.1 Å². The van der Waals surface area contributed by atoms with Crippen LogP contribution in [0.5, 0.6) is 0 Å². The fourth-order valence-corrected chi connectivity index (χ4v) is 2.90. The van der Waals surface area contributed by atoms with Crippen molar-refractivity contribution >= 4 is 46.3 Å². The minimum Gasteiger partial charge on any atom is -0.449 e. The lowest BCUT2D eigenvalue weighted by molar-refractivity contribution is -0.123. The van der Waals surface area contributed by atoms with Gasteiger partial charge in [-0.2, -0.15) is 0 Å². The highest BCUT2D eigenvalue weighted by Crippen LogP contribution is 2.14. The summed E-state index contributed by atoms with van der Waals surface area (Å²) in [6.45, 7) is 3.50. The van der Waals surface area contributed by atoms with Crippen LogP contribution in [0.25, 0.3) is 0 Å². The number of nitrogens with one attached hydrogen (secondary N) is 3. The molecule has 1 atom stereocenters. The van der Waals surface area contributed by atoms with Crippen molar-refractivity contribution in [2.24, 2.45) is 0 Å². The van der Waals surface area contributed by atoms with Crippen molar-refractivity contribution in [1.29, 1.82) is 0 Å². The van der Waals surface area contributed by atoms with E-state index in [1.54, 1.807) is 36.4 Å². The van der Waals surface area contributed by atoms with E-state index in [-0.39, 0.29) is 0 Å². The molecule has 0 unspecified atom stereocenters. The maximum atomic E-state index is 12.4. The quantitative estimate of drug-likeness (QED) is 0.376. The van der Waals surface area contributed by atoms with Crippen LogP contribution in [0.2, 0.25) is 0 Å². The fourth-order valence-electron chi connectivity index (χ4n) is 2.67. The number of rotatable bonds is 6. The molecule has 0 bridgehead atoms. The molecule has 0 saturated heterocycles. The number of benzene rings is 3. The molecule has 0 saturated carbocycles. The van der Waals surface area contributed by atoms with Crippen LogP contribution in [0.1, 0.15) is 22.8 Å². The Hall–Kier alpha value is -3.71. The van der Waals surface area contributed by atoms with Gasteiger partial charge in [-0.3, -0.25) is 4.79 Å². The summed E-state index contributed by atoms with van der Waals surface area (Å²) < 4.78 is 5.28. The van der Waals surface area contributed by atoms with Gasteiger partial charge in [-0.25, -0.2) is 4.79 Å². The second-order valence-corrected chi connectivity index (χ2v) is 7.33. The molecule has 0 aliphatic rings. The molecule has 158 valence electrons. The van der Waals surface area contributed by atoms with Crippen LogP contribution in [0.4, 0.5) is 17.1 Å². The molecule has 31 heavy (non-hydrogen) atoms. The molecule has 0 heterocycles. The van der Waals surface area contributed by atoms with Crippen LogP contribution in [0.3, 0.4) is 0 Å². The van der Waals surface area contributed by atoms with Gasteiger partial charge in [0.05, 0.1) is 5.56 Å². The van der Waals surface area contributed by atoms with Crippen molar-refractivity contribution in [3.8, 4) is 0 Å². The average Bonchev–Trinajstić information content (AvgIpc) is 2.76. The minimum absolute atomic E-state index is 0.336. The topological polar surface area (TPSA) is 79.5 Å². The number of ether oxygens (including phenoxy) is 1. The van der Waals surface area contributed by atoms with E-state index in [1.807, 2.05) is 49.4 Å². The molecular weight excluding hydrogens is 410 g/mol. The maximum Gasteiger partial charge on any atom is 0.338 e. The van der Waals surface area contributed by atoms with Crippen molar-refractivity contribution in [3.05, 3.63) is 90.0 Å². The van der Waals surface area contributed by atoms with Gasteiger partial charge in [-0.15, -0.1) is 0 Å². The van der Waals surface area contributed by atoms with Crippen molar-refractivity contribution in [1.82, 2.24) is 0 Å². The smallest absolute Gasteiger partial charge is 0.338 e. The third-order valence-corrected chi connectivity index (χ3v) is 4.59. The van der Waals surface area contributed by atoms with Gasteiger partial charge in [-0.05, 0) is 74.6 Å². The summed E-state index contributed by atoms with van der Waals surface area (Å²) in [4.78, 5) is 24.6. The van der Waals surface area contributed by atoms with Gasteiger partial charge in [0, 0.05) is 17.1 Å². The Morgan fingerprint density at radius 3 is 1.90 bits per heavy atom. The predicted molar refractivity (Wildman–Crippen MR) is 127 cm³/mol. The number of para-hydroxylation sites is 1. The first-order chi connectivity index (χ1) is 14.9. The van der Waals surface area contributed by atoms with Gasteiger partial charge in [-0.1, -0.05) is 35.9 Å². The largest absolute Gasteiger partial charge is 0.449 e. The van der Waals surface area contributed by atoms with E-state index in [9.17, 15) is 9.59 Å². The summed E-state index contributed by atoms with van der Waals surface area (Å²) in [6.07, 6.45) is -0.936. The van der Waals surface area contributed by atoms with Gasteiger partial charge in [0.2, 0.25) is 0 Å². The molecule has 0 spiro atoms. The summed E-state index contributed by atoms with van der Waals surface area (Å²) in [5.74, 6) is -0.976. The summed E-state index contributed by atoms with van der Waals surface area (Å²) in [7, 11) is 0. The Labute approximate surface area is 186 Å². The first kappa shape index (κ1) is 22.0. The molecule has 0 aliphatic carbocycles. The zero-order valence-electron chi connectivity index (χ0n) is 17.2. The van der Waals surface area contributed by atoms with Crippen LogP contribution >= 0.6 is 12.2 Å². The summed E-state index contributed by atoms with van der Waals surface area (Å²) in [5, 5.41) is 9.29. The highest BCUT2D eigenvalue weighted by atomic mass is 32.1. The van der Waals surface area contributed by atoms with Gasteiger partial charge in [0.1, 0.15) is 0 Å². The van der Waals surface area contributed by atoms with E-state index >= 15 is 0 Å². The highest BCUT2D eigenvalue weighted by Gasteiger charge is 2.19. The molecule has 6 nitrogen and oxygen atoms in total. The van der Waals surface area contributed by atoms with Gasteiger partial charge >= 0.3 is 5.97 Å². The number of hydrogen-bond donors (Lipinski definition) is 3. The second-order valence-electron chi connectivity index (χ2n) is 6.93. The van der Waals surface area contributed by atoms with Gasteiger partial charge < -0.3 is 20.7 Å². The monoisotopic (exact) mass is 433 g/mol. The fraction of sp³-hybridized carbons (Fsp3) is 0.125. The third kappa shape index (κ3) is 6.65. The number of anilines is 3. The number of aryl methyl sites for hydroxylation is 1. The molecule has 0 aromatic heterocycles. The molecule has 3 N–H and O–H groups in total. The first-order valence-corrected chi connectivity index (χ1v) is 10.1. The number of carbonyl (C=O) groups is 2. The zero-order valence-corrected chi connectivity index (χ0v) is 18.0. The lowest BCUT2D eigenvalue weighted by Gasteiger charge is -2.14. The standard InChI is InChI=1S/C24H23N3O3S/c1-16-8-12-20(13-9-16)25-22(28)17(2)30-23(29)18-10-14-21(15-11-18)27-24(31)26-19-6-4-3-5-7-19/h3-15,17H,1-2H3,(H,25,28)(H2,26,27,31)/t17-/m0/s1. The summed E-state index contributed by atoms with van der Waals surface area (Å²) in [6, 6.07) is 23.6. The Balaban J connectivity index is 1.51. The van der Waals surface area contributed by atoms with Crippen LogP contribution in [0.15, 0.2) is 78.9 Å². The highest BCUT2D eigenvalue weighted by molar-refractivity contribution is 7.80. The molecule has 7 heteroatoms. The Morgan fingerprint density at radius 1 is 0.774 bits per heavy atom. The summed E-state index contributed by atoms with van der Waals surface area (Å²) >= 11 is 5.29. The SMILES string of the molecule is Cc1ccc(NC(=O)[C@H](C)OC(=O)c2ccc(NC(=S)Nc3ccccc3)cc2)cc1. The average molecular weight is 434 g/mol. The maximum absolute atomic E-state index is 12.4. The number of esters is 1. The Morgan fingerprint density at radius 2 is 1.29 bits per heavy atom. The predicted octanol–water partition coefficient (Wildman–Crippen LogP) is 4.99. The van der Waals surface area contributed by atoms with Crippen molar-refractivity contribution in [2.75, 3.05) is 16.0 Å². The number of thiocarbonyl (C=S) groups is 1. The van der Waals surface area contributed by atoms with E-state index in [0.29, 0.717) is 16.4 Å². The van der Waals surface area contributed by atoms with E-state index in [0.717, 1.165) is 16.9 Å². The lowest BCUT2D eigenvalue weighted by Crippen LogP contribution is -2.30. The van der Waals surface area contributed by atoms with Crippen molar-refractivity contribution in [2.45, 2.75) is 20.0 Å². The first-order valence-electron chi connectivity index (χ1n) is 9.72. The van der Waals surface area contributed by atoms with Crippen molar-refractivity contribution < 1.29 is 14.3 Å². The minimum atomic E-state index is -0.936. The molecule has 3 aromatic carbocycles. The lowest BCUT2D eigenvalue weighted by atomic mass is 10.2. The molecule has 0 fully saturated rings. The van der Waals surface area contributed by atoms with Gasteiger partial charge in [0.15, 0.2) is 11.2 Å². The molecular formula is C24H23N3O3S. The Kier molecular flexibility index (Phi) is 7.35. The van der Waals surface area contributed by atoms with Crippen LogP contribution in [-0.2, 0) is 9.53 Å². The van der Waals surface area contributed by atoms with E-state index in [4.69, 9.17) is 17.0 Å². The zero-order chi connectivity index (χ0) is 22.2. The van der Waals surface area contributed by atoms with E-state index in [2.05, 4.69) is 16.0 Å². The van der Waals surface area contributed by atoms with Crippen molar-refractivity contribution in [3.63, 3.8) is 0 Å². The Bertz CT molecular complexity index is 1050. The molecule has 3 rings (SSSR count). The molecule has 0 aliphatic heterocycles. The summed E-state index contributed by atoms with van der Waals surface area (Å²) in [5.41, 5.74) is 3.66. The third-order valence-electron chi connectivity index (χ3n) is 4.38. The van der Waals surface area contributed by atoms with Crippen LogP contribution < -0.4 is 16.0 Å². The van der Waals surface area contributed by atoms with Crippen LogP contribution in [0, 0.1) is 6.92 Å². The second kappa shape index (κ2) is 10.4. The molecule has 1 amide bonds. The normalized spacial score (nSPS) is 11.2. The van der Waals surface area contributed by atoms with E-state index < -0.39 is 18.0 Å². The molecule has 3 aromatic rings. The number of hydrogen-bond acceptors (Lipinski definition) is 4. The van der Waals surface area contributed by atoms with E-state index in [1.165, 1.54) is 6.92 Å². The van der Waals surface area contributed by atoms with Gasteiger partial charge in [0.25, 0.3) is 5.91 Å². The number of carbonyl (C=O) groups excluding carboxylic acids is 2. The number of amides is 1. The molecule has 0 radical (unpaired) electrons.